The Bertz CT molecular complexity index is 485. The molecule has 88 valence electrons. The summed E-state index contributed by atoms with van der Waals surface area (Å²) in [5.41, 5.74) is 1.21. The second kappa shape index (κ2) is 5.84. The first-order valence-corrected chi connectivity index (χ1v) is 5.96. The topological polar surface area (TPSA) is 37.8 Å². The maximum Gasteiger partial charge on any atom is 0.171 e. The zero-order valence-corrected chi connectivity index (χ0v) is 10.5. The summed E-state index contributed by atoms with van der Waals surface area (Å²) in [5, 5.41) is 4.28. The lowest BCUT2D eigenvalue weighted by atomic mass is 10.1. The molecule has 0 aliphatic rings. The lowest BCUT2D eigenvalue weighted by molar-refractivity contribution is 1.000. The number of nitrogens with zero attached hydrogens (tertiary/aromatic N) is 2. The third-order valence-corrected chi connectivity index (χ3v) is 2.80. The Kier molecular flexibility index (Phi) is 4.18. The Morgan fingerprint density at radius 1 is 1.00 bits per heavy atom. The second-order valence-corrected chi connectivity index (χ2v) is 4.29. The summed E-state index contributed by atoms with van der Waals surface area (Å²) in [5.74, 6) is 0.614. The molecule has 0 unspecified atom stereocenters. The average molecular weight is 268 g/mol. The molecule has 1 N–H and O–H groups in total. The van der Waals surface area contributed by atoms with Gasteiger partial charge >= 0.3 is 0 Å². The van der Waals surface area contributed by atoms with E-state index in [0.29, 0.717) is 11.0 Å². The zero-order valence-electron chi connectivity index (χ0n) is 9.03. The van der Waals surface area contributed by atoms with Crippen molar-refractivity contribution in [1.82, 2.24) is 9.97 Å². The SMILES string of the molecule is Clc1ccc(CCNc2nccnc2Cl)cc1. The van der Waals surface area contributed by atoms with Crippen LogP contribution in [0.2, 0.25) is 10.2 Å². The zero-order chi connectivity index (χ0) is 12.1. The lowest BCUT2D eigenvalue weighted by Crippen LogP contribution is -2.07. The number of rotatable bonds is 4. The Hall–Kier alpha value is -1.32. The van der Waals surface area contributed by atoms with E-state index in [9.17, 15) is 0 Å². The van der Waals surface area contributed by atoms with Crippen molar-refractivity contribution in [2.75, 3.05) is 11.9 Å². The molecule has 17 heavy (non-hydrogen) atoms. The van der Waals surface area contributed by atoms with E-state index in [0.717, 1.165) is 18.0 Å². The van der Waals surface area contributed by atoms with Gasteiger partial charge in [0.2, 0.25) is 0 Å². The lowest BCUT2D eigenvalue weighted by Gasteiger charge is -2.06. The van der Waals surface area contributed by atoms with Crippen LogP contribution < -0.4 is 5.32 Å². The van der Waals surface area contributed by atoms with E-state index in [4.69, 9.17) is 23.2 Å². The fourth-order valence-electron chi connectivity index (χ4n) is 1.42. The van der Waals surface area contributed by atoms with Gasteiger partial charge in [0.1, 0.15) is 0 Å². The van der Waals surface area contributed by atoms with E-state index in [1.807, 2.05) is 24.3 Å². The molecule has 1 aromatic heterocycles. The average Bonchev–Trinajstić information content (AvgIpc) is 2.34. The minimum atomic E-state index is 0.392. The van der Waals surface area contributed by atoms with Gasteiger partial charge in [-0.25, -0.2) is 9.97 Å². The summed E-state index contributed by atoms with van der Waals surface area (Å²) in [4.78, 5) is 8.04. The molecule has 1 aromatic carbocycles. The van der Waals surface area contributed by atoms with Gasteiger partial charge in [0.05, 0.1) is 0 Å². The van der Waals surface area contributed by atoms with E-state index >= 15 is 0 Å². The first kappa shape index (κ1) is 12.1. The van der Waals surface area contributed by atoms with Crippen molar-refractivity contribution >= 4 is 29.0 Å². The Labute approximate surface area is 110 Å². The highest BCUT2D eigenvalue weighted by atomic mass is 35.5. The molecule has 0 spiro atoms. The van der Waals surface area contributed by atoms with Crippen molar-refractivity contribution in [3.05, 3.63) is 52.4 Å². The van der Waals surface area contributed by atoms with Crippen LogP contribution in [0.4, 0.5) is 5.82 Å². The van der Waals surface area contributed by atoms with Gasteiger partial charge in [0.25, 0.3) is 0 Å². The fourth-order valence-corrected chi connectivity index (χ4v) is 1.71. The predicted molar refractivity (Wildman–Crippen MR) is 70.7 cm³/mol. The van der Waals surface area contributed by atoms with Gasteiger partial charge in [-0.2, -0.15) is 0 Å². The first-order valence-electron chi connectivity index (χ1n) is 5.20. The van der Waals surface area contributed by atoms with Crippen molar-refractivity contribution in [3.8, 4) is 0 Å². The van der Waals surface area contributed by atoms with Crippen LogP contribution in [-0.2, 0) is 6.42 Å². The third kappa shape index (κ3) is 3.58. The molecule has 0 atom stereocenters. The van der Waals surface area contributed by atoms with Crippen molar-refractivity contribution < 1.29 is 0 Å². The molecule has 5 heteroatoms. The highest BCUT2D eigenvalue weighted by molar-refractivity contribution is 6.31. The van der Waals surface area contributed by atoms with Gasteiger partial charge in [-0.1, -0.05) is 35.3 Å². The number of hydrogen-bond donors (Lipinski definition) is 1. The minimum Gasteiger partial charge on any atom is -0.367 e. The van der Waals surface area contributed by atoms with Crippen molar-refractivity contribution in [3.63, 3.8) is 0 Å². The van der Waals surface area contributed by atoms with Gasteiger partial charge in [-0.05, 0) is 24.1 Å². The van der Waals surface area contributed by atoms with E-state index < -0.39 is 0 Å². The Morgan fingerprint density at radius 3 is 2.41 bits per heavy atom. The molecule has 0 saturated heterocycles. The quantitative estimate of drug-likeness (QED) is 0.923. The van der Waals surface area contributed by atoms with Crippen LogP contribution in [0.15, 0.2) is 36.7 Å². The molecule has 0 bridgehead atoms. The number of halogens is 2. The smallest absolute Gasteiger partial charge is 0.171 e. The molecule has 0 fully saturated rings. The standard InChI is InChI=1S/C12H11Cl2N3/c13-10-3-1-9(2-4-10)5-6-16-12-11(14)15-7-8-17-12/h1-4,7-8H,5-6H2,(H,16,17). The van der Waals surface area contributed by atoms with E-state index in [-0.39, 0.29) is 0 Å². The normalized spacial score (nSPS) is 10.2. The van der Waals surface area contributed by atoms with E-state index in [1.165, 1.54) is 5.56 Å². The van der Waals surface area contributed by atoms with Crippen molar-refractivity contribution in [2.24, 2.45) is 0 Å². The van der Waals surface area contributed by atoms with Gasteiger partial charge in [0.15, 0.2) is 11.0 Å². The molecule has 0 amide bonds. The number of nitrogens with one attached hydrogen (secondary N) is 1. The van der Waals surface area contributed by atoms with Gasteiger partial charge in [-0.3, -0.25) is 0 Å². The van der Waals surface area contributed by atoms with Crippen LogP contribution in [0.25, 0.3) is 0 Å². The van der Waals surface area contributed by atoms with E-state index in [1.54, 1.807) is 12.4 Å². The molecule has 0 radical (unpaired) electrons. The summed E-state index contributed by atoms with van der Waals surface area (Å²) in [6.07, 6.45) is 4.05. The number of benzene rings is 1. The summed E-state index contributed by atoms with van der Waals surface area (Å²) in [6.45, 7) is 0.750. The van der Waals surface area contributed by atoms with Gasteiger partial charge in [-0.15, -0.1) is 0 Å². The number of anilines is 1. The Morgan fingerprint density at radius 2 is 1.71 bits per heavy atom. The fraction of sp³-hybridized carbons (Fsp3) is 0.167. The highest BCUT2D eigenvalue weighted by Gasteiger charge is 2.00. The second-order valence-electron chi connectivity index (χ2n) is 3.50. The molecule has 0 aliphatic carbocycles. The molecule has 1 heterocycles. The minimum absolute atomic E-state index is 0.392. The maximum atomic E-state index is 5.87. The molecular formula is C12H11Cl2N3. The molecule has 2 rings (SSSR count). The molecule has 0 saturated carbocycles. The molecule has 0 aliphatic heterocycles. The monoisotopic (exact) mass is 267 g/mol. The van der Waals surface area contributed by atoms with Crippen molar-refractivity contribution in [1.29, 1.82) is 0 Å². The first-order chi connectivity index (χ1) is 8.25. The summed E-state index contributed by atoms with van der Waals surface area (Å²) >= 11 is 11.7. The molecule has 2 aromatic rings. The molecular weight excluding hydrogens is 257 g/mol. The summed E-state index contributed by atoms with van der Waals surface area (Å²) in [6, 6.07) is 7.77. The van der Waals surface area contributed by atoms with Crippen LogP contribution in [0.3, 0.4) is 0 Å². The summed E-state index contributed by atoms with van der Waals surface area (Å²) in [7, 11) is 0. The van der Waals surface area contributed by atoms with Crippen LogP contribution in [0.5, 0.6) is 0 Å². The van der Waals surface area contributed by atoms with Crippen LogP contribution in [-0.4, -0.2) is 16.5 Å². The van der Waals surface area contributed by atoms with Crippen LogP contribution >= 0.6 is 23.2 Å². The molecule has 3 nitrogen and oxygen atoms in total. The highest BCUT2D eigenvalue weighted by Crippen LogP contribution is 2.14. The summed E-state index contributed by atoms with van der Waals surface area (Å²) < 4.78 is 0. The van der Waals surface area contributed by atoms with Crippen LogP contribution in [0.1, 0.15) is 5.56 Å². The largest absolute Gasteiger partial charge is 0.367 e. The van der Waals surface area contributed by atoms with Crippen LogP contribution in [0, 0.1) is 0 Å². The van der Waals surface area contributed by atoms with Crippen molar-refractivity contribution in [2.45, 2.75) is 6.42 Å². The number of aromatic nitrogens is 2. The van der Waals surface area contributed by atoms with E-state index in [2.05, 4.69) is 15.3 Å². The number of hydrogen-bond acceptors (Lipinski definition) is 3. The predicted octanol–water partition coefficient (Wildman–Crippen LogP) is 3.44. The van der Waals surface area contributed by atoms with Gasteiger partial charge < -0.3 is 5.32 Å². The maximum absolute atomic E-state index is 5.87. The van der Waals surface area contributed by atoms with Gasteiger partial charge in [0, 0.05) is 24.0 Å². The Balaban J connectivity index is 1.88. The third-order valence-electron chi connectivity index (χ3n) is 2.27.